The number of carboxylic acids is 1. The van der Waals surface area contributed by atoms with Gasteiger partial charge >= 0.3 is 11.9 Å². The molecular formula is C12H13NO4. The zero-order valence-corrected chi connectivity index (χ0v) is 9.18. The molecule has 1 aromatic carbocycles. The van der Waals surface area contributed by atoms with Crippen LogP contribution in [0.4, 0.5) is 5.69 Å². The molecule has 0 aromatic heterocycles. The highest BCUT2D eigenvalue weighted by atomic mass is 16.5. The molecule has 0 spiro atoms. The van der Waals surface area contributed by atoms with Crippen LogP contribution in [0.3, 0.4) is 0 Å². The SMILES string of the molecule is Nc1ccc(OC(=O)C2(C(=O)O)CCC2)cc1. The lowest BCUT2D eigenvalue weighted by molar-refractivity contribution is -0.169. The van der Waals surface area contributed by atoms with E-state index in [0.717, 1.165) is 6.42 Å². The first-order chi connectivity index (χ1) is 8.04. The van der Waals surface area contributed by atoms with E-state index in [-0.39, 0.29) is 0 Å². The minimum atomic E-state index is -1.35. The molecule has 1 fully saturated rings. The van der Waals surface area contributed by atoms with Crippen molar-refractivity contribution in [1.82, 2.24) is 0 Å². The first-order valence-electron chi connectivity index (χ1n) is 5.36. The van der Waals surface area contributed by atoms with Gasteiger partial charge in [0, 0.05) is 5.69 Å². The van der Waals surface area contributed by atoms with E-state index in [0.29, 0.717) is 24.3 Å². The Hall–Kier alpha value is -2.04. The average Bonchev–Trinajstić information content (AvgIpc) is 2.19. The Morgan fingerprint density at radius 1 is 1.24 bits per heavy atom. The summed E-state index contributed by atoms with van der Waals surface area (Å²) in [5.41, 5.74) is 4.71. The van der Waals surface area contributed by atoms with Crippen LogP contribution in [0.2, 0.25) is 0 Å². The molecule has 0 bridgehead atoms. The van der Waals surface area contributed by atoms with Gasteiger partial charge in [-0.15, -0.1) is 0 Å². The number of ether oxygens (including phenoxy) is 1. The van der Waals surface area contributed by atoms with Crippen molar-refractivity contribution in [2.24, 2.45) is 5.41 Å². The van der Waals surface area contributed by atoms with Gasteiger partial charge in [0.05, 0.1) is 0 Å². The van der Waals surface area contributed by atoms with Gasteiger partial charge < -0.3 is 15.6 Å². The zero-order valence-electron chi connectivity index (χ0n) is 9.18. The van der Waals surface area contributed by atoms with Crippen molar-refractivity contribution in [3.63, 3.8) is 0 Å². The smallest absolute Gasteiger partial charge is 0.328 e. The van der Waals surface area contributed by atoms with Gasteiger partial charge in [0.1, 0.15) is 5.75 Å². The maximum atomic E-state index is 11.8. The van der Waals surface area contributed by atoms with Crippen LogP contribution in [-0.2, 0) is 9.59 Å². The molecule has 3 N–H and O–H groups in total. The number of rotatable bonds is 3. The Morgan fingerprint density at radius 2 is 1.82 bits per heavy atom. The number of carboxylic acid groups (broad SMARTS) is 1. The molecular weight excluding hydrogens is 222 g/mol. The van der Waals surface area contributed by atoms with E-state index in [1.807, 2.05) is 0 Å². The standard InChI is InChI=1S/C12H13NO4/c13-8-2-4-9(5-3-8)17-11(16)12(10(14)15)6-1-7-12/h2-5H,1,6-7,13H2,(H,14,15). The van der Waals surface area contributed by atoms with Crippen LogP contribution in [0.15, 0.2) is 24.3 Å². The first kappa shape index (κ1) is 11.4. The Morgan fingerprint density at radius 3 is 2.24 bits per heavy atom. The molecule has 0 radical (unpaired) electrons. The largest absolute Gasteiger partial charge is 0.480 e. The number of benzene rings is 1. The fraction of sp³-hybridized carbons (Fsp3) is 0.333. The van der Waals surface area contributed by atoms with Gasteiger partial charge in [0.25, 0.3) is 0 Å². The summed E-state index contributed by atoms with van der Waals surface area (Å²) in [7, 11) is 0. The molecule has 0 atom stereocenters. The van der Waals surface area contributed by atoms with Gasteiger partial charge in [-0.1, -0.05) is 0 Å². The lowest BCUT2D eigenvalue weighted by Crippen LogP contribution is -2.47. The molecule has 5 heteroatoms. The Labute approximate surface area is 98.2 Å². The van der Waals surface area contributed by atoms with Crippen molar-refractivity contribution < 1.29 is 19.4 Å². The van der Waals surface area contributed by atoms with E-state index in [1.54, 1.807) is 24.3 Å². The lowest BCUT2D eigenvalue weighted by Gasteiger charge is -2.34. The van der Waals surface area contributed by atoms with E-state index in [2.05, 4.69) is 0 Å². The molecule has 0 saturated heterocycles. The summed E-state index contributed by atoms with van der Waals surface area (Å²) in [5.74, 6) is -1.48. The molecule has 0 unspecified atom stereocenters. The molecule has 5 nitrogen and oxygen atoms in total. The quantitative estimate of drug-likeness (QED) is 0.358. The summed E-state index contributed by atoms with van der Waals surface area (Å²) in [6.45, 7) is 0. The van der Waals surface area contributed by atoms with Crippen molar-refractivity contribution in [2.45, 2.75) is 19.3 Å². The summed E-state index contributed by atoms with van der Waals surface area (Å²) in [6, 6.07) is 6.27. The highest BCUT2D eigenvalue weighted by Crippen LogP contribution is 2.42. The monoisotopic (exact) mass is 235 g/mol. The summed E-state index contributed by atoms with van der Waals surface area (Å²) in [4.78, 5) is 22.9. The van der Waals surface area contributed by atoms with Crippen LogP contribution in [0.1, 0.15) is 19.3 Å². The number of aliphatic carboxylic acids is 1. The lowest BCUT2D eigenvalue weighted by atomic mass is 9.69. The van der Waals surface area contributed by atoms with E-state index in [4.69, 9.17) is 15.6 Å². The molecule has 0 heterocycles. The topological polar surface area (TPSA) is 89.6 Å². The van der Waals surface area contributed by atoms with Crippen molar-refractivity contribution in [2.75, 3.05) is 5.73 Å². The predicted octanol–water partition coefficient (Wildman–Crippen LogP) is 1.43. The summed E-state index contributed by atoms with van der Waals surface area (Å²) in [5, 5.41) is 9.06. The second kappa shape index (κ2) is 4.08. The molecule has 17 heavy (non-hydrogen) atoms. The summed E-state index contributed by atoms with van der Waals surface area (Å²) >= 11 is 0. The minimum Gasteiger partial charge on any atom is -0.480 e. The maximum absolute atomic E-state index is 11.8. The predicted molar refractivity (Wildman–Crippen MR) is 60.4 cm³/mol. The van der Waals surface area contributed by atoms with Crippen LogP contribution < -0.4 is 10.5 Å². The number of nitrogen functional groups attached to an aromatic ring is 1. The van der Waals surface area contributed by atoms with Gasteiger partial charge in [-0.25, -0.2) is 0 Å². The maximum Gasteiger partial charge on any atom is 0.328 e. The van der Waals surface area contributed by atoms with Gasteiger partial charge in [-0.3, -0.25) is 9.59 Å². The van der Waals surface area contributed by atoms with Gasteiger partial charge in [0.2, 0.25) is 0 Å². The Kier molecular flexibility index (Phi) is 2.75. The van der Waals surface area contributed by atoms with Crippen molar-refractivity contribution in [3.05, 3.63) is 24.3 Å². The second-order valence-electron chi connectivity index (χ2n) is 4.20. The first-order valence-corrected chi connectivity index (χ1v) is 5.36. The van der Waals surface area contributed by atoms with Crippen LogP contribution in [0.5, 0.6) is 5.75 Å². The van der Waals surface area contributed by atoms with Crippen molar-refractivity contribution >= 4 is 17.6 Å². The fourth-order valence-corrected chi connectivity index (χ4v) is 1.78. The van der Waals surface area contributed by atoms with Crippen LogP contribution >= 0.6 is 0 Å². The van der Waals surface area contributed by atoms with E-state index in [1.165, 1.54) is 0 Å². The van der Waals surface area contributed by atoms with E-state index in [9.17, 15) is 9.59 Å². The average molecular weight is 235 g/mol. The number of carbonyl (C=O) groups excluding carboxylic acids is 1. The second-order valence-corrected chi connectivity index (χ2v) is 4.20. The molecule has 1 aromatic rings. The van der Waals surface area contributed by atoms with E-state index < -0.39 is 17.4 Å². The number of hydrogen-bond acceptors (Lipinski definition) is 4. The summed E-state index contributed by atoms with van der Waals surface area (Å²) in [6.07, 6.45) is 1.43. The number of carbonyl (C=O) groups is 2. The molecule has 90 valence electrons. The molecule has 2 rings (SSSR count). The molecule has 1 aliphatic rings. The van der Waals surface area contributed by atoms with Crippen molar-refractivity contribution in [1.29, 1.82) is 0 Å². The highest BCUT2D eigenvalue weighted by Gasteiger charge is 2.52. The minimum absolute atomic E-state index is 0.316. The van der Waals surface area contributed by atoms with E-state index >= 15 is 0 Å². The summed E-state index contributed by atoms with van der Waals surface area (Å²) < 4.78 is 5.06. The number of esters is 1. The normalized spacial score (nSPS) is 16.9. The molecule has 1 aliphatic carbocycles. The molecule has 1 saturated carbocycles. The number of nitrogens with two attached hydrogens (primary N) is 1. The number of anilines is 1. The van der Waals surface area contributed by atoms with Crippen molar-refractivity contribution in [3.8, 4) is 5.75 Å². The Bertz CT molecular complexity index is 448. The van der Waals surface area contributed by atoms with Gasteiger partial charge in [0.15, 0.2) is 5.41 Å². The fourth-order valence-electron chi connectivity index (χ4n) is 1.78. The van der Waals surface area contributed by atoms with Crippen LogP contribution in [-0.4, -0.2) is 17.0 Å². The molecule has 0 aliphatic heterocycles. The van der Waals surface area contributed by atoms with Gasteiger partial charge in [-0.05, 0) is 43.5 Å². The van der Waals surface area contributed by atoms with Gasteiger partial charge in [-0.2, -0.15) is 0 Å². The number of hydrogen-bond donors (Lipinski definition) is 2. The van der Waals surface area contributed by atoms with Crippen LogP contribution in [0.25, 0.3) is 0 Å². The zero-order chi connectivity index (χ0) is 12.5. The third kappa shape index (κ3) is 1.95. The van der Waals surface area contributed by atoms with Crippen LogP contribution in [0, 0.1) is 5.41 Å². The third-order valence-electron chi connectivity index (χ3n) is 3.10. The third-order valence-corrected chi connectivity index (χ3v) is 3.10. The highest BCUT2D eigenvalue weighted by molar-refractivity contribution is 6.00. The molecule has 0 amide bonds. The Balaban J connectivity index is 2.11.